The van der Waals surface area contributed by atoms with E-state index in [1.54, 1.807) is 0 Å². The Morgan fingerprint density at radius 2 is 1.26 bits per heavy atom. The van der Waals surface area contributed by atoms with Crippen LogP contribution in [0.2, 0.25) is 5.02 Å². The van der Waals surface area contributed by atoms with Crippen molar-refractivity contribution in [1.29, 1.82) is 0 Å². The highest BCUT2D eigenvalue weighted by atomic mass is 35.5. The predicted octanol–water partition coefficient (Wildman–Crippen LogP) is 6.83. The molecule has 0 aromatic heterocycles. The van der Waals surface area contributed by atoms with Gasteiger partial charge in [0.25, 0.3) is 0 Å². The van der Waals surface area contributed by atoms with Gasteiger partial charge in [-0.05, 0) is 45.2 Å². The molecule has 0 aliphatic heterocycles. The van der Waals surface area contributed by atoms with Gasteiger partial charge in [0.1, 0.15) is 0 Å². The fourth-order valence-electron chi connectivity index (χ4n) is 3.07. The van der Waals surface area contributed by atoms with Crippen LogP contribution in [0.15, 0.2) is 91.0 Å². The summed E-state index contributed by atoms with van der Waals surface area (Å²) < 4.78 is 0. The van der Waals surface area contributed by atoms with E-state index in [1.807, 2.05) is 18.2 Å². The van der Waals surface area contributed by atoms with Gasteiger partial charge in [-0.2, -0.15) is 0 Å². The maximum absolute atomic E-state index is 6.27. The summed E-state index contributed by atoms with van der Waals surface area (Å²) in [6, 6.07) is 31.5. The van der Waals surface area contributed by atoms with Gasteiger partial charge in [-0.1, -0.05) is 90.5 Å². The van der Waals surface area contributed by atoms with Crippen LogP contribution in [0.5, 0.6) is 0 Å². The summed E-state index contributed by atoms with van der Waals surface area (Å²) in [6.07, 6.45) is 0. The third-order valence-electron chi connectivity index (χ3n) is 4.15. The number of hydrogen-bond donors (Lipinski definition) is 0. The van der Waals surface area contributed by atoms with Crippen LogP contribution in [-0.2, 0) is 0 Å². The molecule has 1 heteroatoms. The molecular formula is C22H15Cl. The summed E-state index contributed by atoms with van der Waals surface area (Å²) in [7, 11) is 0. The van der Waals surface area contributed by atoms with E-state index >= 15 is 0 Å². The number of benzene rings is 4. The van der Waals surface area contributed by atoms with Crippen LogP contribution in [0.1, 0.15) is 0 Å². The smallest absolute Gasteiger partial charge is 0.0412 e. The Balaban J connectivity index is 2.02. The number of rotatable bonds is 2. The molecule has 0 amide bonds. The molecule has 23 heavy (non-hydrogen) atoms. The molecule has 0 spiro atoms. The summed E-state index contributed by atoms with van der Waals surface area (Å²) in [5, 5.41) is 3.27. The van der Waals surface area contributed by atoms with Crippen LogP contribution in [0, 0.1) is 0 Å². The normalized spacial score (nSPS) is 10.8. The zero-order valence-corrected chi connectivity index (χ0v) is 13.3. The third-order valence-corrected chi connectivity index (χ3v) is 4.38. The summed E-state index contributed by atoms with van der Waals surface area (Å²) in [5.41, 5.74) is 4.78. The Bertz CT molecular complexity index is 966. The molecule has 0 fully saturated rings. The van der Waals surface area contributed by atoms with Gasteiger partial charge in [-0.15, -0.1) is 0 Å². The summed E-state index contributed by atoms with van der Waals surface area (Å²) >= 11 is 6.27. The Hall–Kier alpha value is -2.57. The van der Waals surface area contributed by atoms with Gasteiger partial charge in [-0.3, -0.25) is 0 Å². The monoisotopic (exact) mass is 314 g/mol. The van der Waals surface area contributed by atoms with E-state index < -0.39 is 0 Å². The quantitative estimate of drug-likeness (QED) is 0.380. The number of halogens is 1. The Morgan fingerprint density at radius 1 is 0.522 bits per heavy atom. The maximum Gasteiger partial charge on any atom is 0.0412 e. The summed E-state index contributed by atoms with van der Waals surface area (Å²) in [5.74, 6) is 0. The van der Waals surface area contributed by atoms with Crippen molar-refractivity contribution >= 4 is 22.4 Å². The average Bonchev–Trinajstić information content (AvgIpc) is 2.62. The van der Waals surface area contributed by atoms with Gasteiger partial charge in [0, 0.05) is 5.02 Å². The zero-order valence-electron chi connectivity index (χ0n) is 12.5. The van der Waals surface area contributed by atoms with Gasteiger partial charge in [0.15, 0.2) is 0 Å². The number of fused-ring (bicyclic) bond motifs is 1. The molecule has 0 nitrogen and oxygen atoms in total. The Labute approximate surface area is 141 Å². The van der Waals surface area contributed by atoms with E-state index in [-0.39, 0.29) is 0 Å². The van der Waals surface area contributed by atoms with E-state index in [2.05, 4.69) is 72.8 Å². The second kappa shape index (κ2) is 5.91. The molecule has 0 unspecified atom stereocenters. The van der Waals surface area contributed by atoms with E-state index in [0.717, 1.165) is 10.6 Å². The SMILES string of the molecule is Clc1ccc(-c2cccc3ccccc23)c(-c2ccccc2)c1. The minimum absolute atomic E-state index is 0.757. The van der Waals surface area contributed by atoms with E-state index in [4.69, 9.17) is 11.6 Å². The fraction of sp³-hybridized carbons (Fsp3) is 0. The Kier molecular flexibility index (Phi) is 3.61. The molecule has 0 N–H and O–H groups in total. The minimum atomic E-state index is 0.757. The van der Waals surface area contributed by atoms with Crippen molar-refractivity contribution in [2.45, 2.75) is 0 Å². The highest BCUT2D eigenvalue weighted by Crippen LogP contribution is 2.37. The molecule has 0 saturated carbocycles. The van der Waals surface area contributed by atoms with Crippen LogP contribution < -0.4 is 0 Å². The third kappa shape index (κ3) is 2.62. The lowest BCUT2D eigenvalue weighted by molar-refractivity contribution is 1.60. The van der Waals surface area contributed by atoms with Gasteiger partial charge >= 0.3 is 0 Å². The fourth-order valence-corrected chi connectivity index (χ4v) is 3.24. The second-order valence-electron chi connectivity index (χ2n) is 5.58. The molecule has 110 valence electrons. The largest absolute Gasteiger partial charge is 0.0843 e. The van der Waals surface area contributed by atoms with Gasteiger partial charge in [0.2, 0.25) is 0 Å². The van der Waals surface area contributed by atoms with Crippen molar-refractivity contribution in [2.24, 2.45) is 0 Å². The van der Waals surface area contributed by atoms with Gasteiger partial charge in [-0.25, -0.2) is 0 Å². The first kappa shape index (κ1) is 14.0. The molecular weight excluding hydrogens is 300 g/mol. The first-order valence-electron chi connectivity index (χ1n) is 7.66. The molecule has 4 aromatic carbocycles. The zero-order chi connectivity index (χ0) is 15.6. The molecule has 0 saturated heterocycles. The molecule has 0 atom stereocenters. The molecule has 4 aromatic rings. The first-order valence-corrected chi connectivity index (χ1v) is 8.04. The van der Waals surface area contributed by atoms with Crippen molar-refractivity contribution in [2.75, 3.05) is 0 Å². The predicted molar refractivity (Wildman–Crippen MR) is 99.8 cm³/mol. The van der Waals surface area contributed by atoms with Crippen molar-refractivity contribution in [3.05, 3.63) is 96.0 Å². The van der Waals surface area contributed by atoms with E-state index in [0.29, 0.717) is 0 Å². The van der Waals surface area contributed by atoms with Crippen molar-refractivity contribution in [3.8, 4) is 22.3 Å². The van der Waals surface area contributed by atoms with E-state index in [9.17, 15) is 0 Å². The first-order chi connectivity index (χ1) is 11.3. The van der Waals surface area contributed by atoms with E-state index in [1.165, 1.54) is 27.5 Å². The lowest BCUT2D eigenvalue weighted by Gasteiger charge is -2.13. The van der Waals surface area contributed by atoms with Crippen LogP contribution in [-0.4, -0.2) is 0 Å². The molecule has 0 bridgehead atoms. The van der Waals surface area contributed by atoms with Crippen molar-refractivity contribution in [1.82, 2.24) is 0 Å². The highest BCUT2D eigenvalue weighted by Gasteiger charge is 2.10. The lowest BCUT2D eigenvalue weighted by atomic mass is 9.91. The molecule has 0 aliphatic rings. The molecule has 0 heterocycles. The molecule has 4 rings (SSSR count). The van der Waals surface area contributed by atoms with Crippen LogP contribution in [0.25, 0.3) is 33.0 Å². The lowest BCUT2D eigenvalue weighted by Crippen LogP contribution is -1.87. The number of hydrogen-bond acceptors (Lipinski definition) is 0. The van der Waals surface area contributed by atoms with Crippen molar-refractivity contribution < 1.29 is 0 Å². The van der Waals surface area contributed by atoms with Gasteiger partial charge in [0.05, 0.1) is 0 Å². The minimum Gasteiger partial charge on any atom is -0.0843 e. The standard InChI is InChI=1S/C22H15Cl/c23-18-13-14-21(22(15-18)17-7-2-1-3-8-17)20-12-6-10-16-9-4-5-11-19(16)20/h1-15H. The maximum atomic E-state index is 6.27. The van der Waals surface area contributed by atoms with Crippen molar-refractivity contribution in [3.63, 3.8) is 0 Å². The molecule has 0 radical (unpaired) electrons. The summed E-state index contributed by atoms with van der Waals surface area (Å²) in [6.45, 7) is 0. The second-order valence-corrected chi connectivity index (χ2v) is 6.02. The Morgan fingerprint density at radius 3 is 2.13 bits per heavy atom. The van der Waals surface area contributed by atoms with Gasteiger partial charge < -0.3 is 0 Å². The van der Waals surface area contributed by atoms with Crippen LogP contribution in [0.4, 0.5) is 0 Å². The topological polar surface area (TPSA) is 0 Å². The highest BCUT2D eigenvalue weighted by molar-refractivity contribution is 6.31. The average molecular weight is 315 g/mol. The summed E-state index contributed by atoms with van der Waals surface area (Å²) in [4.78, 5) is 0. The molecule has 0 aliphatic carbocycles. The van der Waals surface area contributed by atoms with Crippen LogP contribution >= 0.6 is 11.6 Å². The van der Waals surface area contributed by atoms with Crippen LogP contribution in [0.3, 0.4) is 0 Å².